The van der Waals surface area contributed by atoms with Gasteiger partial charge in [0.25, 0.3) is 0 Å². The predicted molar refractivity (Wildman–Crippen MR) is 126 cm³/mol. The smallest absolute Gasteiger partial charge is 0.230 e. The van der Waals surface area contributed by atoms with E-state index >= 15 is 0 Å². The van der Waals surface area contributed by atoms with Crippen molar-refractivity contribution in [3.05, 3.63) is 95.0 Å². The number of benzene rings is 3. The number of aromatic nitrogens is 3. The highest BCUT2D eigenvalue weighted by Gasteiger charge is 2.18. The lowest BCUT2D eigenvalue weighted by atomic mass is 10.2. The third-order valence-corrected chi connectivity index (χ3v) is 5.96. The van der Waals surface area contributed by atoms with E-state index in [0.29, 0.717) is 22.5 Å². The third-order valence-electron chi connectivity index (χ3n) is 4.71. The Kier molecular flexibility index (Phi) is 6.70. The number of hydrogen-bond acceptors (Lipinski definition) is 4. The monoisotopic (exact) mass is 448 g/mol. The highest BCUT2D eigenvalue weighted by molar-refractivity contribution is 7.99. The normalized spacial score (nSPS) is 10.8. The Morgan fingerprint density at radius 1 is 0.968 bits per heavy atom. The quantitative estimate of drug-likeness (QED) is 0.389. The van der Waals surface area contributed by atoms with Crippen LogP contribution in [0, 0.1) is 6.92 Å². The first-order valence-corrected chi connectivity index (χ1v) is 11.2. The first-order valence-electron chi connectivity index (χ1n) is 9.82. The second-order valence-electron chi connectivity index (χ2n) is 7.01. The Morgan fingerprint density at radius 2 is 1.68 bits per heavy atom. The molecule has 4 aromatic rings. The molecule has 0 unspecified atom stereocenters. The van der Waals surface area contributed by atoms with E-state index in [4.69, 9.17) is 11.6 Å². The topological polar surface area (TPSA) is 59.8 Å². The van der Waals surface area contributed by atoms with Crippen LogP contribution in [0.1, 0.15) is 11.1 Å². The van der Waals surface area contributed by atoms with Crippen LogP contribution in [0.25, 0.3) is 17.1 Å². The van der Waals surface area contributed by atoms with Gasteiger partial charge in [0.2, 0.25) is 5.91 Å². The van der Waals surface area contributed by atoms with E-state index in [2.05, 4.69) is 15.5 Å². The SMILES string of the molecule is Cc1ccc(-n2c(SCC(=O)NCc3ccccc3)nnc2-c2ccccc2Cl)cc1. The molecule has 1 amide bonds. The summed E-state index contributed by atoms with van der Waals surface area (Å²) in [6.07, 6.45) is 0. The second kappa shape index (κ2) is 9.81. The van der Waals surface area contributed by atoms with Crippen LogP contribution in [0.2, 0.25) is 5.02 Å². The van der Waals surface area contributed by atoms with E-state index in [9.17, 15) is 4.79 Å². The molecule has 5 nitrogen and oxygen atoms in total. The average molecular weight is 449 g/mol. The van der Waals surface area contributed by atoms with Crippen molar-refractivity contribution in [3.63, 3.8) is 0 Å². The number of thioether (sulfide) groups is 1. The van der Waals surface area contributed by atoms with E-state index in [1.165, 1.54) is 11.8 Å². The second-order valence-corrected chi connectivity index (χ2v) is 8.36. The number of nitrogens with one attached hydrogen (secondary N) is 1. The Balaban J connectivity index is 1.56. The minimum absolute atomic E-state index is 0.0633. The molecule has 0 aliphatic carbocycles. The zero-order chi connectivity index (χ0) is 21.6. The summed E-state index contributed by atoms with van der Waals surface area (Å²) in [5.74, 6) is 0.813. The zero-order valence-electron chi connectivity index (χ0n) is 17.0. The highest BCUT2D eigenvalue weighted by Crippen LogP contribution is 2.31. The number of halogens is 1. The van der Waals surface area contributed by atoms with Crippen LogP contribution in [0.5, 0.6) is 0 Å². The van der Waals surface area contributed by atoms with E-state index < -0.39 is 0 Å². The Morgan fingerprint density at radius 3 is 2.42 bits per heavy atom. The summed E-state index contributed by atoms with van der Waals surface area (Å²) in [7, 11) is 0. The molecule has 0 bridgehead atoms. The van der Waals surface area contributed by atoms with Crippen molar-refractivity contribution in [1.29, 1.82) is 0 Å². The lowest BCUT2D eigenvalue weighted by Gasteiger charge is -2.11. The summed E-state index contributed by atoms with van der Waals surface area (Å²) in [6.45, 7) is 2.54. The van der Waals surface area contributed by atoms with Gasteiger partial charge in [-0.25, -0.2) is 0 Å². The van der Waals surface area contributed by atoms with Gasteiger partial charge in [0.05, 0.1) is 10.8 Å². The maximum absolute atomic E-state index is 12.4. The largest absolute Gasteiger partial charge is 0.351 e. The van der Waals surface area contributed by atoms with Crippen LogP contribution in [0.4, 0.5) is 0 Å². The third kappa shape index (κ3) is 5.16. The van der Waals surface area contributed by atoms with Gasteiger partial charge in [-0.05, 0) is 36.8 Å². The van der Waals surface area contributed by atoms with Crippen molar-refractivity contribution < 1.29 is 4.79 Å². The van der Waals surface area contributed by atoms with E-state index in [1.807, 2.05) is 90.4 Å². The Bertz CT molecular complexity index is 1180. The van der Waals surface area contributed by atoms with Crippen LogP contribution in [-0.4, -0.2) is 26.4 Å². The average Bonchev–Trinajstić information content (AvgIpc) is 3.21. The molecular formula is C24H21ClN4OS. The van der Waals surface area contributed by atoms with Gasteiger partial charge < -0.3 is 5.32 Å². The zero-order valence-corrected chi connectivity index (χ0v) is 18.5. The number of hydrogen-bond donors (Lipinski definition) is 1. The Labute approximate surface area is 190 Å². The molecule has 3 aromatic carbocycles. The molecular weight excluding hydrogens is 428 g/mol. The van der Waals surface area contributed by atoms with Gasteiger partial charge in [-0.3, -0.25) is 9.36 Å². The van der Waals surface area contributed by atoms with Crippen molar-refractivity contribution in [3.8, 4) is 17.1 Å². The van der Waals surface area contributed by atoms with Crippen molar-refractivity contribution in [2.45, 2.75) is 18.6 Å². The summed E-state index contributed by atoms with van der Waals surface area (Å²) >= 11 is 7.77. The lowest BCUT2D eigenvalue weighted by molar-refractivity contribution is -0.118. The van der Waals surface area contributed by atoms with Crippen LogP contribution in [-0.2, 0) is 11.3 Å². The first kappa shape index (κ1) is 21.2. The van der Waals surface area contributed by atoms with Crippen molar-refractivity contribution in [2.24, 2.45) is 0 Å². The summed E-state index contributed by atoms with van der Waals surface area (Å²) in [6, 6.07) is 25.5. The Hall–Kier alpha value is -3.09. The maximum Gasteiger partial charge on any atom is 0.230 e. The number of amides is 1. The first-order chi connectivity index (χ1) is 15.1. The van der Waals surface area contributed by atoms with Gasteiger partial charge in [-0.15, -0.1) is 10.2 Å². The molecule has 1 N–H and O–H groups in total. The lowest BCUT2D eigenvalue weighted by Crippen LogP contribution is -2.24. The molecule has 0 aliphatic rings. The standard InChI is InChI=1S/C24H21ClN4OS/c1-17-11-13-19(14-12-17)29-23(20-9-5-6-10-21(20)25)27-28-24(29)31-16-22(30)26-15-18-7-3-2-4-8-18/h2-14H,15-16H2,1H3,(H,26,30). The highest BCUT2D eigenvalue weighted by atomic mass is 35.5. The summed E-state index contributed by atoms with van der Waals surface area (Å²) < 4.78 is 1.94. The minimum Gasteiger partial charge on any atom is -0.351 e. The van der Waals surface area contributed by atoms with Crippen molar-refractivity contribution >= 4 is 29.3 Å². The maximum atomic E-state index is 12.4. The van der Waals surface area contributed by atoms with E-state index in [1.54, 1.807) is 0 Å². The summed E-state index contributed by atoms with van der Waals surface area (Å²) in [5, 5.41) is 12.9. The number of carbonyl (C=O) groups is 1. The van der Waals surface area contributed by atoms with E-state index in [0.717, 1.165) is 22.4 Å². The molecule has 0 aliphatic heterocycles. The predicted octanol–water partition coefficient (Wildman–Crippen LogP) is 5.30. The number of nitrogens with zero attached hydrogens (tertiary/aromatic N) is 3. The molecule has 0 atom stereocenters. The number of carbonyl (C=O) groups excluding carboxylic acids is 1. The van der Waals surface area contributed by atoms with Crippen LogP contribution in [0.15, 0.2) is 84.0 Å². The molecule has 0 saturated carbocycles. The van der Waals surface area contributed by atoms with Crippen molar-refractivity contribution in [1.82, 2.24) is 20.1 Å². The molecule has 1 aromatic heterocycles. The van der Waals surface area contributed by atoms with Gasteiger partial charge >= 0.3 is 0 Å². The molecule has 7 heteroatoms. The van der Waals surface area contributed by atoms with Crippen LogP contribution in [0.3, 0.4) is 0 Å². The molecule has 0 spiro atoms. The van der Waals surface area contributed by atoms with Gasteiger partial charge in [0.1, 0.15) is 0 Å². The number of rotatable bonds is 7. The molecule has 0 fully saturated rings. The molecule has 0 saturated heterocycles. The number of aryl methyl sites for hydroxylation is 1. The molecule has 156 valence electrons. The fraction of sp³-hybridized carbons (Fsp3) is 0.125. The van der Waals surface area contributed by atoms with Gasteiger partial charge in [0, 0.05) is 17.8 Å². The molecule has 0 radical (unpaired) electrons. The summed E-state index contributed by atoms with van der Waals surface area (Å²) in [5.41, 5.74) is 3.92. The van der Waals surface area contributed by atoms with Crippen molar-refractivity contribution in [2.75, 3.05) is 5.75 Å². The van der Waals surface area contributed by atoms with Gasteiger partial charge in [-0.2, -0.15) is 0 Å². The molecule has 4 rings (SSSR count). The van der Waals surface area contributed by atoms with Crippen LogP contribution >= 0.6 is 23.4 Å². The molecule has 31 heavy (non-hydrogen) atoms. The minimum atomic E-state index is -0.0633. The van der Waals surface area contributed by atoms with Gasteiger partial charge in [-0.1, -0.05) is 83.5 Å². The van der Waals surface area contributed by atoms with Gasteiger partial charge in [0.15, 0.2) is 11.0 Å². The summed E-state index contributed by atoms with van der Waals surface area (Å²) in [4.78, 5) is 12.4. The fourth-order valence-electron chi connectivity index (χ4n) is 3.08. The van der Waals surface area contributed by atoms with Crippen LogP contribution < -0.4 is 5.32 Å². The van der Waals surface area contributed by atoms with E-state index in [-0.39, 0.29) is 11.7 Å². The fourth-order valence-corrected chi connectivity index (χ4v) is 4.09. The molecule has 1 heterocycles.